The number of phenols is 1. The Morgan fingerprint density at radius 2 is 1.76 bits per heavy atom. The summed E-state index contributed by atoms with van der Waals surface area (Å²) in [5, 5.41) is 16.0. The summed E-state index contributed by atoms with van der Waals surface area (Å²) in [4.78, 5) is 23.5. The minimum atomic E-state index is -0.392. The van der Waals surface area contributed by atoms with Crippen LogP contribution in [0.4, 0.5) is 5.69 Å². The maximum Gasteiger partial charge on any atom is 0.240 e. The molecular formula is C18H19N3O4. The Labute approximate surface area is 145 Å². The number of nitrogens with zero attached hydrogens (tertiary/aromatic N) is 1. The summed E-state index contributed by atoms with van der Waals surface area (Å²) in [7, 11) is 1.56. The van der Waals surface area contributed by atoms with E-state index in [0.717, 1.165) is 0 Å². The number of aromatic hydroxyl groups is 1. The molecule has 2 aromatic carbocycles. The number of rotatable bonds is 7. The quantitative estimate of drug-likeness (QED) is 0.531. The number of carbonyl (C=O) groups excluding carboxylic acids is 2. The maximum atomic E-state index is 11.8. The molecule has 3 N–H and O–H groups in total. The summed E-state index contributed by atoms with van der Waals surface area (Å²) < 4.78 is 5.04. The first kappa shape index (κ1) is 18.0. The van der Waals surface area contributed by atoms with Gasteiger partial charge in [-0.1, -0.05) is 12.1 Å². The van der Waals surface area contributed by atoms with E-state index in [4.69, 9.17) is 4.74 Å². The lowest BCUT2D eigenvalue weighted by Gasteiger charge is -2.06. The maximum absolute atomic E-state index is 11.8. The van der Waals surface area contributed by atoms with Crippen LogP contribution in [-0.2, 0) is 9.59 Å². The number of amides is 2. The van der Waals surface area contributed by atoms with Gasteiger partial charge in [0, 0.05) is 24.1 Å². The molecule has 25 heavy (non-hydrogen) atoms. The van der Waals surface area contributed by atoms with Crippen molar-refractivity contribution in [3.05, 3.63) is 54.1 Å². The monoisotopic (exact) mass is 341 g/mol. The van der Waals surface area contributed by atoms with Gasteiger partial charge >= 0.3 is 0 Å². The molecule has 2 aromatic rings. The highest BCUT2D eigenvalue weighted by molar-refractivity contribution is 5.93. The van der Waals surface area contributed by atoms with Crippen LogP contribution in [0.2, 0.25) is 0 Å². The van der Waals surface area contributed by atoms with Crippen molar-refractivity contribution < 1.29 is 19.4 Å². The van der Waals surface area contributed by atoms with Gasteiger partial charge in [-0.2, -0.15) is 5.10 Å². The fraction of sp³-hybridized carbons (Fsp3) is 0.167. The SMILES string of the molecule is COc1ccc(NC(=O)CCC(=O)NN=Cc2ccccc2O)cc1. The minimum absolute atomic E-state index is 0.0000990. The van der Waals surface area contributed by atoms with Gasteiger partial charge < -0.3 is 15.2 Å². The van der Waals surface area contributed by atoms with Crippen LogP contribution in [0.3, 0.4) is 0 Å². The number of anilines is 1. The summed E-state index contributed by atoms with van der Waals surface area (Å²) in [5.74, 6) is 0.0978. The second-order valence-corrected chi connectivity index (χ2v) is 5.13. The predicted molar refractivity (Wildman–Crippen MR) is 94.7 cm³/mol. The number of benzene rings is 2. The first-order chi connectivity index (χ1) is 12.1. The molecule has 0 spiro atoms. The average Bonchev–Trinajstić information content (AvgIpc) is 2.62. The number of hydrogen-bond acceptors (Lipinski definition) is 5. The minimum Gasteiger partial charge on any atom is -0.507 e. The van der Waals surface area contributed by atoms with E-state index >= 15 is 0 Å². The first-order valence-corrected chi connectivity index (χ1v) is 7.62. The molecule has 0 aliphatic heterocycles. The van der Waals surface area contributed by atoms with Crippen molar-refractivity contribution in [3.63, 3.8) is 0 Å². The first-order valence-electron chi connectivity index (χ1n) is 7.62. The van der Waals surface area contributed by atoms with Crippen LogP contribution >= 0.6 is 0 Å². The van der Waals surface area contributed by atoms with Gasteiger partial charge in [0.1, 0.15) is 11.5 Å². The van der Waals surface area contributed by atoms with Crippen molar-refractivity contribution in [2.75, 3.05) is 12.4 Å². The Hall–Kier alpha value is -3.35. The smallest absolute Gasteiger partial charge is 0.240 e. The molecule has 130 valence electrons. The Morgan fingerprint density at radius 3 is 2.44 bits per heavy atom. The molecule has 2 amide bonds. The van der Waals surface area contributed by atoms with E-state index < -0.39 is 5.91 Å². The topological polar surface area (TPSA) is 100 Å². The zero-order chi connectivity index (χ0) is 18.1. The molecule has 0 atom stereocenters. The third-order valence-electron chi connectivity index (χ3n) is 3.28. The number of methoxy groups -OCH3 is 1. The molecular weight excluding hydrogens is 322 g/mol. The summed E-state index contributed by atoms with van der Waals surface area (Å²) >= 11 is 0. The van der Waals surface area contributed by atoms with Crippen molar-refractivity contribution in [3.8, 4) is 11.5 Å². The number of carbonyl (C=O) groups is 2. The lowest BCUT2D eigenvalue weighted by Crippen LogP contribution is -2.20. The highest BCUT2D eigenvalue weighted by atomic mass is 16.5. The summed E-state index contributed by atoms with van der Waals surface area (Å²) in [6.07, 6.45) is 1.37. The third-order valence-corrected chi connectivity index (χ3v) is 3.28. The molecule has 0 saturated heterocycles. The van der Waals surface area contributed by atoms with Gasteiger partial charge in [0.25, 0.3) is 0 Å². The van der Waals surface area contributed by atoms with Crippen LogP contribution in [0, 0.1) is 0 Å². The Morgan fingerprint density at radius 1 is 1.08 bits per heavy atom. The van der Waals surface area contributed by atoms with E-state index in [9.17, 15) is 14.7 Å². The third kappa shape index (κ3) is 5.98. The van der Waals surface area contributed by atoms with Crippen LogP contribution in [-0.4, -0.2) is 30.2 Å². The zero-order valence-corrected chi connectivity index (χ0v) is 13.7. The Bertz CT molecular complexity index is 757. The van der Waals surface area contributed by atoms with Crippen molar-refractivity contribution in [2.24, 2.45) is 5.10 Å². The average molecular weight is 341 g/mol. The zero-order valence-electron chi connectivity index (χ0n) is 13.7. The molecule has 0 saturated carbocycles. The normalized spacial score (nSPS) is 10.4. The van der Waals surface area contributed by atoms with Gasteiger partial charge in [0.15, 0.2) is 0 Å². The Kier molecular flexibility index (Phi) is 6.53. The van der Waals surface area contributed by atoms with E-state index in [1.54, 1.807) is 49.6 Å². The van der Waals surface area contributed by atoms with Gasteiger partial charge in [0.05, 0.1) is 13.3 Å². The predicted octanol–water partition coefficient (Wildman–Crippen LogP) is 2.27. The van der Waals surface area contributed by atoms with Gasteiger partial charge in [-0.3, -0.25) is 9.59 Å². The van der Waals surface area contributed by atoms with Crippen LogP contribution < -0.4 is 15.5 Å². The van der Waals surface area contributed by atoms with Crippen molar-refractivity contribution >= 4 is 23.7 Å². The lowest BCUT2D eigenvalue weighted by atomic mass is 10.2. The number of hydrogen-bond donors (Lipinski definition) is 3. The molecule has 0 aliphatic carbocycles. The summed E-state index contributed by atoms with van der Waals surface area (Å²) in [6.45, 7) is 0. The number of hydrazone groups is 1. The number of ether oxygens (including phenoxy) is 1. The second-order valence-electron chi connectivity index (χ2n) is 5.13. The van der Waals surface area contributed by atoms with Gasteiger partial charge in [-0.05, 0) is 36.4 Å². The molecule has 0 aromatic heterocycles. The van der Waals surface area contributed by atoms with Gasteiger partial charge in [-0.25, -0.2) is 5.43 Å². The molecule has 7 heteroatoms. The molecule has 0 bridgehead atoms. The van der Waals surface area contributed by atoms with E-state index in [2.05, 4.69) is 15.8 Å². The van der Waals surface area contributed by atoms with Crippen LogP contribution in [0.25, 0.3) is 0 Å². The van der Waals surface area contributed by atoms with Crippen LogP contribution in [0.5, 0.6) is 11.5 Å². The number of para-hydroxylation sites is 1. The van der Waals surface area contributed by atoms with E-state index in [-0.39, 0.29) is 24.5 Å². The number of nitrogens with one attached hydrogen (secondary N) is 2. The molecule has 0 radical (unpaired) electrons. The standard InChI is InChI=1S/C18H19N3O4/c1-25-15-8-6-14(7-9-15)20-17(23)10-11-18(24)21-19-12-13-4-2-3-5-16(13)22/h2-9,12,22H,10-11H2,1H3,(H,20,23)(H,21,24). The highest BCUT2D eigenvalue weighted by Gasteiger charge is 2.07. The lowest BCUT2D eigenvalue weighted by molar-refractivity contribution is -0.124. The van der Waals surface area contributed by atoms with Crippen LogP contribution in [0.15, 0.2) is 53.6 Å². The van der Waals surface area contributed by atoms with Crippen molar-refractivity contribution in [1.82, 2.24) is 5.43 Å². The van der Waals surface area contributed by atoms with Gasteiger partial charge in [0.2, 0.25) is 11.8 Å². The summed E-state index contributed by atoms with van der Waals surface area (Å²) in [6, 6.07) is 13.5. The van der Waals surface area contributed by atoms with E-state index in [0.29, 0.717) is 17.0 Å². The molecule has 0 unspecified atom stereocenters. The Balaban J connectivity index is 1.73. The fourth-order valence-electron chi connectivity index (χ4n) is 1.95. The van der Waals surface area contributed by atoms with Crippen LogP contribution in [0.1, 0.15) is 18.4 Å². The van der Waals surface area contributed by atoms with Crippen molar-refractivity contribution in [1.29, 1.82) is 0 Å². The van der Waals surface area contributed by atoms with E-state index in [1.807, 2.05) is 0 Å². The van der Waals surface area contributed by atoms with Crippen molar-refractivity contribution in [2.45, 2.75) is 12.8 Å². The van der Waals surface area contributed by atoms with Gasteiger partial charge in [-0.15, -0.1) is 0 Å². The second kappa shape index (κ2) is 9.07. The fourth-order valence-corrected chi connectivity index (χ4v) is 1.95. The molecule has 0 aliphatic rings. The summed E-state index contributed by atoms with van der Waals surface area (Å²) in [5.41, 5.74) is 3.43. The van der Waals surface area contributed by atoms with E-state index in [1.165, 1.54) is 12.3 Å². The highest BCUT2D eigenvalue weighted by Crippen LogP contribution is 2.15. The molecule has 2 rings (SSSR count). The molecule has 0 heterocycles. The molecule has 7 nitrogen and oxygen atoms in total. The molecule has 0 fully saturated rings. The number of phenolic OH excluding ortho intramolecular Hbond substituents is 1. The largest absolute Gasteiger partial charge is 0.507 e.